The first-order chi connectivity index (χ1) is 7.10. The van der Waals surface area contributed by atoms with Gasteiger partial charge in [-0.1, -0.05) is 23.2 Å². The second-order valence-electron chi connectivity index (χ2n) is 3.01. The van der Waals surface area contributed by atoms with E-state index in [0.29, 0.717) is 16.7 Å². The Morgan fingerprint density at radius 3 is 2.50 bits per heavy atom. The summed E-state index contributed by atoms with van der Waals surface area (Å²) in [6.45, 7) is 0.621. The highest BCUT2D eigenvalue weighted by Crippen LogP contribution is 2.24. The molecule has 0 fully saturated rings. The molecule has 0 aliphatic rings. The lowest BCUT2D eigenvalue weighted by Crippen LogP contribution is -2.34. The number of aliphatic imine (C=N–C) groups is 1. The molecule has 1 aromatic rings. The molecule has 1 rings (SSSR count). The molecule has 4 nitrogen and oxygen atoms in total. The Labute approximate surface area is 122 Å². The van der Waals surface area contributed by atoms with E-state index >= 15 is 0 Å². The fourth-order valence-corrected chi connectivity index (χ4v) is 1.63. The number of nitrogens with zero attached hydrogens (tertiary/aromatic N) is 2. The zero-order valence-electron chi connectivity index (χ0n) is 9.34. The SMILES string of the molecule is CN=C(NC)NCc1cc(Cl)c(Cl)n1C.I. The smallest absolute Gasteiger partial charge is 0.191 e. The van der Waals surface area contributed by atoms with Crippen molar-refractivity contribution in [2.75, 3.05) is 14.1 Å². The van der Waals surface area contributed by atoms with Crippen LogP contribution in [0.4, 0.5) is 0 Å². The standard InChI is InChI=1S/C9H14Cl2N4.HI/c1-12-9(13-2)14-5-6-4-7(10)8(11)15(6)3;/h4H,5H2,1-3H3,(H2,12,13,14);1H. The molecule has 7 heteroatoms. The molecular formula is C9H15Cl2IN4. The number of guanidine groups is 1. The van der Waals surface area contributed by atoms with Crippen molar-refractivity contribution in [1.29, 1.82) is 0 Å². The molecule has 2 N–H and O–H groups in total. The summed E-state index contributed by atoms with van der Waals surface area (Å²) in [4.78, 5) is 4.00. The maximum Gasteiger partial charge on any atom is 0.191 e. The number of rotatable bonds is 2. The molecule has 0 aliphatic carbocycles. The van der Waals surface area contributed by atoms with E-state index in [9.17, 15) is 0 Å². The van der Waals surface area contributed by atoms with Gasteiger partial charge in [0.15, 0.2) is 5.96 Å². The van der Waals surface area contributed by atoms with Crippen molar-refractivity contribution in [3.63, 3.8) is 0 Å². The van der Waals surface area contributed by atoms with Crippen molar-refractivity contribution >= 4 is 53.1 Å². The Morgan fingerprint density at radius 1 is 1.50 bits per heavy atom. The van der Waals surface area contributed by atoms with Gasteiger partial charge in [-0.25, -0.2) is 0 Å². The van der Waals surface area contributed by atoms with Gasteiger partial charge in [0.2, 0.25) is 0 Å². The molecule has 92 valence electrons. The molecule has 0 aromatic carbocycles. The highest BCUT2D eigenvalue weighted by atomic mass is 127. The van der Waals surface area contributed by atoms with Gasteiger partial charge < -0.3 is 15.2 Å². The van der Waals surface area contributed by atoms with Crippen LogP contribution in [0.2, 0.25) is 10.2 Å². The van der Waals surface area contributed by atoms with E-state index in [0.717, 1.165) is 11.7 Å². The first-order valence-electron chi connectivity index (χ1n) is 4.48. The minimum Gasteiger partial charge on any atom is -0.359 e. The summed E-state index contributed by atoms with van der Waals surface area (Å²) in [6, 6.07) is 1.83. The molecule has 16 heavy (non-hydrogen) atoms. The number of halogens is 3. The molecule has 0 radical (unpaired) electrons. The maximum absolute atomic E-state index is 5.94. The fraction of sp³-hybridized carbons (Fsp3) is 0.444. The van der Waals surface area contributed by atoms with E-state index in [1.165, 1.54) is 0 Å². The average molecular weight is 377 g/mol. The number of hydrogen-bond acceptors (Lipinski definition) is 1. The predicted octanol–water partition coefficient (Wildman–Crippen LogP) is 2.24. The van der Waals surface area contributed by atoms with Gasteiger partial charge in [-0.15, -0.1) is 24.0 Å². The molecule has 0 bridgehead atoms. The molecule has 0 saturated heterocycles. The van der Waals surface area contributed by atoms with Crippen LogP contribution in [0, 0.1) is 0 Å². The summed E-state index contributed by atoms with van der Waals surface area (Å²) in [5, 5.41) is 7.16. The number of hydrogen-bond donors (Lipinski definition) is 2. The van der Waals surface area contributed by atoms with Gasteiger partial charge in [-0.05, 0) is 6.07 Å². The van der Waals surface area contributed by atoms with Crippen LogP contribution in [0.25, 0.3) is 0 Å². The average Bonchev–Trinajstić information content (AvgIpc) is 2.48. The van der Waals surface area contributed by atoms with Gasteiger partial charge in [-0.2, -0.15) is 0 Å². The highest BCUT2D eigenvalue weighted by Gasteiger charge is 2.08. The summed E-state index contributed by atoms with van der Waals surface area (Å²) in [5.41, 5.74) is 1.00. The highest BCUT2D eigenvalue weighted by molar-refractivity contribution is 14.0. The second kappa shape index (κ2) is 7.24. The monoisotopic (exact) mass is 376 g/mol. The molecule has 0 spiro atoms. The molecular weight excluding hydrogens is 362 g/mol. The number of nitrogens with one attached hydrogen (secondary N) is 2. The normalized spacial score (nSPS) is 10.9. The Bertz CT molecular complexity index is 376. The first kappa shape index (κ1) is 15.9. The maximum atomic E-state index is 5.94. The molecule has 1 aromatic heterocycles. The van der Waals surface area contributed by atoms with Gasteiger partial charge in [0, 0.05) is 26.8 Å². The lowest BCUT2D eigenvalue weighted by molar-refractivity contribution is 0.766. The van der Waals surface area contributed by atoms with Crippen LogP contribution in [0.3, 0.4) is 0 Å². The van der Waals surface area contributed by atoms with E-state index in [4.69, 9.17) is 23.2 Å². The van der Waals surface area contributed by atoms with Crippen LogP contribution in [0.15, 0.2) is 11.1 Å². The Kier molecular flexibility index (Phi) is 7.17. The quantitative estimate of drug-likeness (QED) is 0.472. The summed E-state index contributed by atoms with van der Waals surface area (Å²) in [5.74, 6) is 0.725. The first-order valence-corrected chi connectivity index (χ1v) is 5.23. The molecule has 0 amide bonds. The predicted molar refractivity (Wildman–Crippen MR) is 80.1 cm³/mol. The van der Waals surface area contributed by atoms with Crippen molar-refractivity contribution in [3.8, 4) is 0 Å². The van der Waals surface area contributed by atoms with E-state index < -0.39 is 0 Å². The zero-order chi connectivity index (χ0) is 11.4. The van der Waals surface area contributed by atoms with Gasteiger partial charge >= 0.3 is 0 Å². The molecule has 1 heterocycles. The summed E-state index contributed by atoms with van der Waals surface area (Å²) in [7, 11) is 5.39. The summed E-state index contributed by atoms with van der Waals surface area (Å²) < 4.78 is 1.83. The topological polar surface area (TPSA) is 41.4 Å². The minimum absolute atomic E-state index is 0. The van der Waals surface area contributed by atoms with Crippen LogP contribution >= 0.6 is 47.2 Å². The van der Waals surface area contributed by atoms with E-state index in [1.807, 2.05) is 17.7 Å². The largest absolute Gasteiger partial charge is 0.359 e. The van der Waals surface area contributed by atoms with Gasteiger partial charge in [0.25, 0.3) is 0 Å². The van der Waals surface area contributed by atoms with Crippen LogP contribution in [0.1, 0.15) is 5.69 Å². The molecule has 0 unspecified atom stereocenters. The lowest BCUT2D eigenvalue weighted by atomic mass is 10.4. The Hall–Kier alpha value is -0.140. The fourth-order valence-electron chi connectivity index (χ4n) is 1.21. The van der Waals surface area contributed by atoms with Crippen LogP contribution in [-0.4, -0.2) is 24.6 Å². The third-order valence-corrected chi connectivity index (χ3v) is 2.96. The van der Waals surface area contributed by atoms with Gasteiger partial charge in [-0.3, -0.25) is 4.99 Å². The summed E-state index contributed by atoms with van der Waals surface area (Å²) in [6.07, 6.45) is 0. The van der Waals surface area contributed by atoms with Crippen molar-refractivity contribution in [2.24, 2.45) is 12.0 Å². The Morgan fingerprint density at radius 2 is 2.12 bits per heavy atom. The van der Waals surface area contributed by atoms with Crippen LogP contribution in [0.5, 0.6) is 0 Å². The van der Waals surface area contributed by atoms with Crippen molar-refractivity contribution in [1.82, 2.24) is 15.2 Å². The van der Waals surface area contributed by atoms with Crippen molar-refractivity contribution in [2.45, 2.75) is 6.54 Å². The summed E-state index contributed by atoms with van der Waals surface area (Å²) >= 11 is 11.8. The minimum atomic E-state index is 0. The van der Waals surface area contributed by atoms with Crippen LogP contribution < -0.4 is 10.6 Å². The second-order valence-corrected chi connectivity index (χ2v) is 3.77. The Balaban J connectivity index is 0.00000225. The molecule has 0 atom stereocenters. The third kappa shape index (κ3) is 3.71. The van der Waals surface area contributed by atoms with E-state index in [1.54, 1.807) is 14.1 Å². The number of aromatic nitrogens is 1. The van der Waals surface area contributed by atoms with Gasteiger partial charge in [0.05, 0.1) is 11.6 Å². The molecule has 0 aliphatic heterocycles. The van der Waals surface area contributed by atoms with E-state index in [-0.39, 0.29) is 24.0 Å². The zero-order valence-corrected chi connectivity index (χ0v) is 13.2. The van der Waals surface area contributed by atoms with Crippen molar-refractivity contribution in [3.05, 3.63) is 21.9 Å². The van der Waals surface area contributed by atoms with Gasteiger partial charge in [0.1, 0.15) is 5.15 Å². The molecule has 0 saturated carbocycles. The van der Waals surface area contributed by atoms with Crippen LogP contribution in [-0.2, 0) is 13.6 Å². The van der Waals surface area contributed by atoms with Crippen molar-refractivity contribution < 1.29 is 0 Å². The third-order valence-electron chi connectivity index (χ3n) is 2.11. The lowest BCUT2D eigenvalue weighted by Gasteiger charge is -2.09. The van der Waals surface area contributed by atoms with E-state index in [2.05, 4.69) is 15.6 Å².